The maximum Gasteiger partial charge on any atom is 0.252 e. The fraction of sp³-hybridized carbons (Fsp3) is 0.421. The van der Waals surface area contributed by atoms with Crippen molar-refractivity contribution in [3.05, 3.63) is 58.4 Å². The number of rotatable bonds is 6. The molecule has 0 aliphatic carbocycles. The van der Waals surface area contributed by atoms with Crippen molar-refractivity contribution in [3.8, 4) is 0 Å². The zero-order chi connectivity index (χ0) is 30.9. The third kappa shape index (κ3) is 5.45. The lowest BCUT2D eigenvalue weighted by Crippen LogP contribution is -2.84. The molecular weight excluding hydrogens is 514 g/mol. The first-order chi connectivity index (χ1) is 17.8. The van der Waals surface area contributed by atoms with Gasteiger partial charge in [0, 0.05) is 23.3 Å². The average molecular weight is 549 g/mol. The number of benzene rings is 1. The Kier molecular flexibility index (Phi) is 8.45. The summed E-state index contributed by atoms with van der Waals surface area (Å²) in [5, 5.41) is -1.30. The molecule has 1 atom stereocenters. The molecule has 1 N–H and O–H groups in total. The van der Waals surface area contributed by atoms with Crippen molar-refractivity contribution in [1.82, 2.24) is 20.2 Å². The van der Waals surface area contributed by atoms with E-state index in [0.717, 1.165) is 5.56 Å². The lowest BCUT2D eigenvalue weighted by atomic mass is 9.21. The molecule has 196 valence electrons. The summed E-state index contributed by atoms with van der Waals surface area (Å²) < 4.78 is 31.9. The molecule has 0 bridgehead atoms. The van der Waals surface area contributed by atoms with Gasteiger partial charge in [-0.3, -0.25) is 4.79 Å². The predicted molar refractivity (Wildman–Crippen MR) is 197 cm³/mol. The number of nitrogens with zero attached hydrogens (tertiary/aromatic N) is 3. The molecule has 3 rings (SSSR count). The quantitative estimate of drug-likeness (QED) is 0.365. The molecule has 0 saturated carbocycles. The van der Waals surface area contributed by atoms with Crippen LogP contribution in [0.2, 0.25) is 10.2 Å². The van der Waals surface area contributed by atoms with E-state index in [4.69, 9.17) is 11.6 Å². The van der Waals surface area contributed by atoms with E-state index in [9.17, 15) is 9.18 Å². The number of nitrogens with one attached hydrogen (secondary N) is 1. The average Bonchev–Trinajstić information content (AvgIpc) is 2.78. The fourth-order valence-corrected chi connectivity index (χ4v) is 6.86. The minimum absolute atomic E-state index is 0.0665. The van der Waals surface area contributed by atoms with Gasteiger partial charge in [-0.05, 0) is 51.4 Å². The van der Waals surface area contributed by atoms with Crippen LogP contribution in [0.25, 0.3) is 0 Å². The Morgan fingerprint density at radius 3 is 1.98 bits per heavy atom. The number of aromatic nitrogens is 2. The highest BCUT2D eigenvalue weighted by Crippen LogP contribution is 2.58. The van der Waals surface area contributed by atoms with Gasteiger partial charge in [0.25, 0.3) is 5.91 Å². The summed E-state index contributed by atoms with van der Waals surface area (Å²) in [7, 11) is 25.3. The molecule has 0 spiro atoms. The molecule has 2 heterocycles. The van der Waals surface area contributed by atoms with Crippen molar-refractivity contribution in [2.45, 2.75) is 43.8 Å². The van der Waals surface area contributed by atoms with Crippen molar-refractivity contribution >= 4 is 120 Å². The largest absolute Gasteiger partial charge is 0.360 e. The Morgan fingerprint density at radius 1 is 0.975 bits per heavy atom. The lowest BCUT2D eigenvalue weighted by molar-refractivity contribution is -0.0236. The Hall–Kier alpha value is -1.28. The van der Waals surface area contributed by atoms with Crippen LogP contribution in [0.4, 0.5) is 8.78 Å². The van der Waals surface area contributed by atoms with Gasteiger partial charge in [-0.15, -0.1) is 0 Å². The molecule has 1 amide bonds. The van der Waals surface area contributed by atoms with Crippen LogP contribution in [0.1, 0.15) is 28.2 Å². The molecule has 1 aliphatic heterocycles. The van der Waals surface area contributed by atoms with Crippen molar-refractivity contribution in [2.24, 2.45) is 0 Å². The molecule has 0 radical (unpaired) electrons. The molecule has 1 unspecified atom stereocenters. The molecule has 40 heavy (non-hydrogen) atoms. The van der Waals surface area contributed by atoms with Crippen LogP contribution in [0.15, 0.2) is 30.6 Å². The number of hydrogen-bond donors (Lipinski definition) is 1. The summed E-state index contributed by atoms with van der Waals surface area (Å²) in [4.78, 5) is 25.0. The fourth-order valence-electron chi connectivity index (χ4n) is 6.68. The number of piperidine rings is 1. The summed E-state index contributed by atoms with van der Waals surface area (Å²) in [6.45, 7) is 0. The molecule has 1 aromatic heterocycles. The maximum atomic E-state index is 18.0. The van der Waals surface area contributed by atoms with Gasteiger partial charge in [0.15, 0.2) is 0 Å². The van der Waals surface area contributed by atoms with E-state index in [1.807, 2.05) is 90.9 Å². The number of likely N-dealkylation sites (tertiary alicyclic amines) is 1. The maximum absolute atomic E-state index is 18.0. The second-order valence-electron chi connectivity index (χ2n) is 15.2. The smallest absolute Gasteiger partial charge is 0.252 e. The number of halogens is 3. The van der Waals surface area contributed by atoms with Gasteiger partial charge in [0.2, 0.25) is 0 Å². The predicted octanol–water partition coefficient (Wildman–Crippen LogP) is -10.4. The third-order valence-electron chi connectivity index (χ3n) is 9.42. The Bertz CT molecular complexity index is 1310. The highest BCUT2D eigenvalue weighted by atomic mass is 35.5. The lowest BCUT2D eigenvalue weighted by Gasteiger charge is -2.71. The van der Waals surface area contributed by atoms with E-state index >= 15 is 4.39 Å². The summed E-state index contributed by atoms with van der Waals surface area (Å²) in [5.74, 6) is -0.328. The van der Waals surface area contributed by atoms with Crippen molar-refractivity contribution < 1.29 is 13.6 Å². The van der Waals surface area contributed by atoms with Crippen LogP contribution in [0.5, 0.6) is 0 Å². The van der Waals surface area contributed by atoms with Gasteiger partial charge in [0.1, 0.15) is 95.8 Å². The molecule has 2 aromatic rings. The van der Waals surface area contributed by atoms with Gasteiger partial charge < -0.3 is 10.2 Å². The topological polar surface area (TPSA) is 58.1 Å². The Labute approximate surface area is 254 Å². The van der Waals surface area contributed by atoms with Crippen LogP contribution < -0.4 is 5.32 Å². The standard InChI is InChI=1S/C19H34B13ClF2N4O/c20-14(21)6-13(35,18(29,30)38-16(25,26)12-36-4-8(5-37-12)15(22,23)24)17(27,28)19(31,32)39(14)11(40)7-1-2-10(34)9(33)3-7/h1-5,38H,6,20-32H2. The second-order valence-corrected chi connectivity index (χ2v) is 15.6. The first-order valence-electron chi connectivity index (χ1n) is 13.9. The van der Waals surface area contributed by atoms with Crippen LogP contribution in [0.3, 0.4) is 0 Å². The summed E-state index contributed by atoms with van der Waals surface area (Å²) in [5.41, 5.74) is -0.492. The Balaban J connectivity index is 2.04. The SMILES string of the molecule is BC(B)(B)c1cnc(C(B)(B)NC(B)(B)C2(F)CC(B)(B)N(C(=O)c3ccc(F)c(Cl)c3)C(B)(B)C2(B)B)nc1. The van der Waals surface area contributed by atoms with E-state index in [2.05, 4.69) is 38.8 Å². The normalized spacial score (nSPS) is 22.4. The van der Waals surface area contributed by atoms with Gasteiger partial charge in [0.05, 0.1) is 28.6 Å². The third-order valence-corrected chi connectivity index (χ3v) is 9.71. The minimum Gasteiger partial charge on any atom is -0.360 e. The molecule has 1 fully saturated rings. The zero-order valence-corrected chi connectivity index (χ0v) is 27.2. The van der Waals surface area contributed by atoms with Crippen LogP contribution in [0, 0.1) is 5.82 Å². The Morgan fingerprint density at radius 2 is 1.50 bits per heavy atom. The van der Waals surface area contributed by atoms with Crippen molar-refractivity contribution in [1.29, 1.82) is 0 Å². The molecule has 1 aliphatic rings. The number of carbonyl (C=O) groups is 1. The zero-order valence-electron chi connectivity index (χ0n) is 26.5. The molecule has 5 nitrogen and oxygen atoms in total. The van der Waals surface area contributed by atoms with E-state index in [1.165, 1.54) is 18.2 Å². The summed E-state index contributed by atoms with van der Waals surface area (Å²) in [6.07, 6.45) is 3.74. The van der Waals surface area contributed by atoms with Gasteiger partial charge in [-0.2, -0.15) is 0 Å². The molecule has 1 aromatic carbocycles. The van der Waals surface area contributed by atoms with Crippen molar-refractivity contribution in [2.75, 3.05) is 0 Å². The first kappa shape index (κ1) is 33.2. The monoisotopic (exact) mass is 550 g/mol. The van der Waals surface area contributed by atoms with Gasteiger partial charge in [-0.1, -0.05) is 16.7 Å². The first-order valence-corrected chi connectivity index (χ1v) is 14.3. The van der Waals surface area contributed by atoms with E-state index < -0.39 is 38.1 Å². The highest BCUT2D eigenvalue weighted by Gasteiger charge is 2.68. The second kappa shape index (κ2) is 10.2. The molecule has 21 heteroatoms. The highest BCUT2D eigenvalue weighted by molar-refractivity contribution is 6.59. The van der Waals surface area contributed by atoms with E-state index in [0.29, 0.717) is 5.82 Å². The number of amides is 1. The molecule has 1 saturated heterocycles. The molecular formula is C19H34B13ClF2N4O. The number of alkyl halides is 1. The van der Waals surface area contributed by atoms with Gasteiger partial charge >= 0.3 is 0 Å². The van der Waals surface area contributed by atoms with Crippen LogP contribution in [-0.4, -0.2) is 144 Å². The number of carbonyl (C=O) groups excluding carboxylic acids is 1. The van der Waals surface area contributed by atoms with Gasteiger partial charge in [-0.25, -0.2) is 18.7 Å². The summed E-state index contributed by atoms with van der Waals surface area (Å²) in [6, 6.07) is 3.96. The van der Waals surface area contributed by atoms with Crippen LogP contribution in [-0.2, 0) is 10.5 Å². The van der Waals surface area contributed by atoms with Crippen LogP contribution >= 0.6 is 11.6 Å². The van der Waals surface area contributed by atoms with Crippen molar-refractivity contribution in [3.63, 3.8) is 0 Å². The van der Waals surface area contributed by atoms with E-state index in [1.54, 1.807) is 4.90 Å². The summed E-state index contributed by atoms with van der Waals surface area (Å²) >= 11 is 6.02. The number of hydrogen-bond acceptors (Lipinski definition) is 4. The minimum atomic E-state index is -1.78. The van der Waals surface area contributed by atoms with E-state index in [-0.39, 0.29) is 28.0 Å².